The van der Waals surface area contributed by atoms with Gasteiger partial charge in [0.05, 0.1) is 16.9 Å². The molecule has 0 aliphatic rings. The molecule has 0 fully saturated rings. The van der Waals surface area contributed by atoms with Gasteiger partial charge >= 0.3 is 0 Å². The van der Waals surface area contributed by atoms with Crippen LogP contribution in [0.5, 0.6) is 0 Å². The largest absolute Gasteiger partial charge is 0.339 e. The van der Waals surface area contributed by atoms with Gasteiger partial charge in [0, 0.05) is 68.5 Å². The third-order valence-corrected chi connectivity index (χ3v) is 8.56. The third-order valence-electron chi connectivity index (χ3n) is 8.56. The average Bonchev–Trinajstić information content (AvgIpc) is 3.63. The smallest absolute Gasteiger partial charge is 0.140 e. The van der Waals surface area contributed by atoms with Crippen molar-refractivity contribution in [2.45, 2.75) is 54.0 Å². The molecule has 48 heavy (non-hydrogen) atoms. The van der Waals surface area contributed by atoms with Crippen LogP contribution in [0, 0.1) is 11.8 Å². The molecule has 8 aromatic rings. The fraction of sp³-hybridized carbons (Fsp3) is 0.250. The molecule has 0 aliphatic heterocycles. The van der Waals surface area contributed by atoms with E-state index < -0.39 is 0 Å². The maximum atomic E-state index is 4.76. The summed E-state index contributed by atoms with van der Waals surface area (Å²) < 4.78 is 2.26. The zero-order valence-corrected chi connectivity index (χ0v) is 28.1. The Labute approximate surface area is 280 Å². The van der Waals surface area contributed by atoms with E-state index in [2.05, 4.69) is 130 Å². The average molecular weight is 633 g/mol. The van der Waals surface area contributed by atoms with Crippen molar-refractivity contribution in [2.24, 2.45) is 11.8 Å². The number of H-pyrrole nitrogens is 1. The van der Waals surface area contributed by atoms with Gasteiger partial charge in [-0.2, -0.15) is 0 Å². The van der Waals surface area contributed by atoms with Crippen molar-refractivity contribution < 1.29 is 0 Å². The van der Waals surface area contributed by atoms with E-state index in [1.54, 1.807) is 12.7 Å². The third kappa shape index (κ3) is 6.26. The second-order valence-corrected chi connectivity index (χ2v) is 13.1. The summed E-state index contributed by atoms with van der Waals surface area (Å²) in [6.45, 7) is 11.9. The summed E-state index contributed by atoms with van der Waals surface area (Å²) in [6.07, 6.45) is 9.02. The van der Waals surface area contributed by atoms with Gasteiger partial charge in [0.2, 0.25) is 0 Å². The monoisotopic (exact) mass is 632 g/mol. The molecule has 0 aliphatic carbocycles. The van der Waals surface area contributed by atoms with Crippen LogP contribution in [-0.2, 0) is 19.4 Å². The molecule has 0 atom stereocenters. The van der Waals surface area contributed by atoms with Gasteiger partial charge in [-0.05, 0) is 68.0 Å². The van der Waals surface area contributed by atoms with Gasteiger partial charge in [-0.15, -0.1) is 0 Å². The van der Waals surface area contributed by atoms with Crippen LogP contribution in [0.2, 0.25) is 0 Å². The van der Waals surface area contributed by atoms with Crippen LogP contribution in [0.1, 0.15) is 46.0 Å². The van der Waals surface area contributed by atoms with E-state index in [1.807, 2.05) is 24.5 Å². The molecular weight excluding hydrogens is 592 g/mol. The number of aromatic amines is 1. The Bertz CT molecular complexity index is 2370. The van der Waals surface area contributed by atoms with Crippen LogP contribution in [0.15, 0.2) is 97.8 Å². The summed E-state index contributed by atoms with van der Waals surface area (Å²) in [5.41, 5.74) is 10.4. The predicted molar refractivity (Wildman–Crippen MR) is 196 cm³/mol. The maximum absolute atomic E-state index is 4.76. The predicted octanol–water partition coefficient (Wildman–Crippen LogP) is 9.24. The quantitative estimate of drug-likeness (QED) is 0.188. The van der Waals surface area contributed by atoms with Crippen LogP contribution in [0.4, 0.5) is 0 Å². The molecule has 8 rings (SSSR count). The molecule has 0 spiro atoms. The van der Waals surface area contributed by atoms with Crippen LogP contribution >= 0.6 is 0 Å². The molecule has 6 aromatic heterocycles. The van der Waals surface area contributed by atoms with Crippen molar-refractivity contribution in [3.05, 3.63) is 109 Å². The van der Waals surface area contributed by atoms with Crippen molar-refractivity contribution in [1.82, 2.24) is 39.5 Å². The van der Waals surface area contributed by atoms with E-state index in [-0.39, 0.29) is 0 Å². The number of aryl methyl sites for hydroxylation is 1. The highest BCUT2D eigenvalue weighted by atomic mass is 15.0. The van der Waals surface area contributed by atoms with E-state index in [4.69, 9.17) is 4.98 Å². The fourth-order valence-corrected chi connectivity index (χ4v) is 6.42. The number of benzene rings is 2. The first-order valence-corrected chi connectivity index (χ1v) is 16.7. The Hall–Kier alpha value is -5.50. The van der Waals surface area contributed by atoms with Gasteiger partial charge in [0.25, 0.3) is 0 Å². The van der Waals surface area contributed by atoms with E-state index in [0.717, 1.165) is 75.5 Å². The summed E-state index contributed by atoms with van der Waals surface area (Å²) in [7, 11) is 0. The molecule has 0 bridgehead atoms. The van der Waals surface area contributed by atoms with Gasteiger partial charge in [-0.1, -0.05) is 64.1 Å². The Morgan fingerprint density at radius 1 is 0.604 bits per heavy atom. The summed E-state index contributed by atoms with van der Waals surface area (Å²) in [5, 5.41) is 4.74. The highest BCUT2D eigenvalue weighted by molar-refractivity contribution is 6.08. The number of hydrogen-bond acceptors (Lipinski definition) is 6. The van der Waals surface area contributed by atoms with Gasteiger partial charge in [0.15, 0.2) is 0 Å². The first-order chi connectivity index (χ1) is 23.4. The molecule has 0 amide bonds. The highest BCUT2D eigenvalue weighted by Crippen LogP contribution is 2.31. The molecule has 8 nitrogen and oxygen atoms in total. The second kappa shape index (κ2) is 13.3. The minimum atomic E-state index is 0.575. The number of nitrogens with zero attached hydrogens (tertiary/aromatic N) is 7. The van der Waals surface area contributed by atoms with Gasteiger partial charge in [-0.25, -0.2) is 29.9 Å². The Kier molecular flexibility index (Phi) is 8.63. The molecule has 0 radical (unpaired) electrons. The number of nitrogens with one attached hydrogen (secondary N) is 1. The van der Waals surface area contributed by atoms with Crippen LogP contribution < -0.4 is 0 Å². The first-order valence-electron chi connectivity index (χ1n) is 16.7. The molecule has 1 N–H and O–H groups in total. The Morgan fingerprint density at radius 3 is 1.83 bits per heavy atom. The van der Waals surface area contributed by atoms with E-state index in [0.29, 0.717) is 11.8 Å². The zero-order chi connectivity index (χ0) is 33.2. The number of para-hydroxylation sites is 2. The SMILES string of the molecule is CC(C)Cc1cc(-c2cnc3[nH]c4ccccc4c3c2)ncn1.CCn1c2ccccc2c2cc(-c3cc(CC(C)C)ncn3)cnc21. The summed E-state index contributed by atoms with van der Waals surface area (Å²) in [6, 6.07) is 25.3. The Morgan fingerprint density at radius 2 is 1.19 bits per heavy atom. The molecular formula is C40H40N8. The summed E-state index contributed by atoms with van der Waals surface area (Å²) in [5.74, 6) is 1.15. The van der Waals surface area contributed by atoms with Gasteiger partial charge in [0.1, 0.15) is 23.9 Å². The molecule has 0 unspecified atom stereocenters. The maximum Gasteiger partial charge on any atom is 0.140 e. The Balaban J connectivity index is 0.000000152. The van der Waals surface area contributed by atoms with Gasteiger partial charge in [-0.3, -0.25) is 0 Å². The second-order valence-electron chi connectivity index (χ2n) is 13.1. The van der Waals surface area contributed by atoms with Crippen molar-refractivity contribution in [2.75, 3.05) is 0 Å². The van der Waals surface area contributed by atoms with Crippen molar-refractivity contribution >= 4 is 43.9 Å². The molecule has 0 saturated carbocycles. The van der Waals surface area contributed by atoms with E-state index in [1.165, 1.54) is 21.7 Å². The lowest BCUT2D eigenvalue weighted by Crippen LogP contribution is -1.99. The molecule has 0 saturated heterocycles. The van der Waals surface area contributed by atoms with E-state index >= 15 is 0 Å². The summed E-state index contributed by atoms with van der Waals surface area (Å²) >= 11 is 0. The number of aromatic nitrogens is 8. The molecule has 6 heterocycles. The van der Waals surface area contributed by atoms with Crippen LogP contribution in [0.25, 0.3) is 66.4 Å². The lowest BCUT2D eigenvalue weighted by Gasteiger charge is -2.06. The molecule has 2 aromatic carbocycles. The first kappa shape index (κ1) is 31.1. The number of rotatable bonds is 7. The molecule has 8 heteroatoms. The highest BCUT2D eigenvalue weighted by Gasteiger charge is 2.13. The van der Waals surface area contributed by atoms with Crippen molar-refractivity contribution in [1.29, 1.82) is 0 Å². The fourth-order valence-electron chi connectivity index (χ4n) is 6.42. The number of pyridine rings is 2. The topological polar surface area (TPSA) is 98.1 Å². The van der Waals surface area contributed by atoms with Crippen LogP contribution in [-0.4, -0.2) is 39.5 Å². The van der Waals surface area contributed by atoms with Crippen molar-refractivity contribution in [3.8, 4) is 22.5 Å². The minimum absolute atomic E-state index is 0.575. The zero-order valence-electron chi connectivity index (χ0n) is 28.1. The standard InChI is InChI=1S/C21H22N4.C19H18N4/c1-4-25-20-8-6-5-7-17(20)18-10-15(12-22-21(18)25)19-11-16(9-14(2)3)23-13-24-19;1-12(2)7-14-9-18(22-11-21-14)13-8-16-15-5-3-4-6-17(15)23-19(16)20-10-13/h5-8,10-14H,4,9H2,1-3H3;3-6,8-12H,7H2,1-2H3,(H,20,23). The van der Waals surface area contributed by atoms with Crippen molar-refractivity contribution in [3.63, 3.8) is 0 Å². The normalized spacial score (nSPS) is 11.6. The van der Waals surface area contributed by atoms with Crippen LogP contribution in [0.3, 0.4) is 0 Å². The van der Waals surface area contributed by atoms with E-state index in [9.17, 15) is 0 Å². The minimum Gasteiger partial charge on any atom is -0.339 e. The summed E-state index contributed by atoms with van der Waals surface area (Å²) in [4.78, 5) is 30.3. The lowest BCUT2D eigenvalue weighted by atomic mass is 10.1. The number of fused-ring (bicyclic) bond motifs is 6. The lowest BCUT2D eigenvalue weighted by molar-refractivity contribution is 0.634. The van der Waals surface area contributed by atoms with Gasteiger partial charge < -0.3 is 9.55 Å². The number of hydrogen-bond donors (Lipinski definition) is 1. The molecule has 240 valence electrons.